The molecule has 1 heterocycles. The van der Waals surface area contributed by atoms with Crippen LogP contribution in [-0.4, -0.2) is 41.1 Å². The smallest absolute Gasteiger partial charge is 0.261 e. The van der Waals surface area contributed by atoms with E-state index in [2.05, 4.69) is 46.4 Å². The fraction of sp³-hybridized carbons (Fsp3) is 0.385. The minimum atomic E-state index is -0.0796. The maximum Gasteiger partial charge on any atom is 0.261 e. The molecule has 2 atom stereocenters. The Morgan fingerprint density at radius 2 is 2.00 bits per heavy atom. The van der Waals surface area contributed by atoms with Crippen LogP contribution >= 0.6 is 27.7 Å². The number of aryl methyl sites for hydroxylation is 1. The van der Waals surface area contributed by atoms with E-state index in [9.17, 15) is 9.59 Å². The van der Waals surface area contributed by atoms with Gasteiger partial charge in [0, 0.05) is 22.3 Å². The van der Waals surface area contributed by atoms with E-state index < -0.39 is 0 Å². The van der Waals surface area contributed by atoms with Gasteiger partial charge in [-0.3, -0.25) is 9.59 Å². The average molecular weight is 514 g/mol. The first kappa shape index (κ1) is 23.1. The van der Waals surface area contributed by atoms with E-state index in [0.29, 0.717) is 11.8 Å². The lowest BCUT2D eigenvalue weighted by molar-refractivity contribution is -0.135. The van der Waals surface area contributed by atoms with Crippen LogP contribution in [0.3, 0.4) is 0 Å². The molecule has 2 aromatic carbocycles. The number of carbonyl (C=O) groups excluding carboxylic acids is 2. The molecule has 2 unspecified atom stereocenters. The number of rotatable bonds is 6. The van der Waals surface area contributed by atoms with Crippen LogP contribution in [0.15, 0.2) is 57.9 Å². The Kier molecular flexibility index (Phi) is 7.74. The number of nitrogens with one attached hydrogen (secondary N) is 1. The van der Waals surface area contributed by atoms with Crippen LogP contribution < -0.4 is 5.32 Å². The summed E-state index contributed by atoms with van der Waals surface area (Å²) in [6, 6.07) is 16.4. The molecule has 4 rings (SSSR count). The number of halogens is 1. The lowest BCUT2D eigenvalue weighted by Gasteiger charge is -2.43. The average Bonchev–Trinajstić information content (AvgIpc) is 2.77. The summed E-state index contributed by atoms with van der Waals surface area (Å²) in [6.07, 6.45) is 7.12. The molecule has 2 fully saturated rings. The number of hydrogen-bond acceptors (Lipinski definition) is 3. The summed E-state index contributed by atoms with van der Waals surface area (Å²) in [4.78, 5) is 28.7. The Morgan fingerprint density at radius 3 is 2.81 bits per heavy atom. The van der Waals surface area contributed by atoms with E-state index in [0.717, 1.165) is 40.6 Å². The Labute approximate surface area is 203 Å². The zero-order chi connectivity index (χ0) is 22.5. The Balaban J connectivity index is 1.43. The monoisotopic (exact) mass is 512 g/mol. The number of thioether (sulfide) groups is 1. The van der Waals surface area contributed by atoms with Gasteiger partial charge in [-0.15, -0.1) is 11.8 Å². The Morgan fingerprint density at radius 1 is 1.19 bits per heavy atom. The molecule has 6 heteroatoms. The van der Waals surface area contributed by atoms with Gasteiger partial charge >= 0.3 is 0 Å². The molecule has 1 N–H and O–H groups in total. The molecule has 168 valence electrons. The minimum absolute atomic E-state index is 0.0213. The third-order valence-electron chi connectivity index (χ3n) is 6.10. The van der Waals surface area contributed by atoms with Gasteiger partial charge in [0.25, 0.3) is 5.91 Å². The first-order chi connectivity index (χ1) is 15.5. The zero-order valence-electron chi connectivity index (χ0n) is 18.4. The second-order valence-electron chi connectivity index (χ2n) is 8.59. The number of carbonyl (C=O) groups is 2. The summed E-state index contributed by atoms with van der Waals surface area (Å²) in [5.74, 6) is -0.101. The maximum atomic E-state index is 13.4. The van der Waals surface area contributed by atoms with E-state index in [1.54, 1.807) is 11.8 Å². The highest BCUT2D eigenvalue weighted by atomic mass is 79.9. The van der Waals surface area contributed by atoms with Gasteiger partial charge in [0.1, 0.15) is 6.54 Å². The molecule has 1 aliphatic heterocycles. The molecule has 1 saturated heterocycles. The second kappa shape index (κ2) is 10.7. The largest absolute Gasteiger partial charge is 0.354 e. The van der Waals surface area contributed by atoms with Crippen molar-refractivity contribution in [2.45, 2.75) is 50.3 Å². The summed E-state index contributed by atoms with van der Waals surface area (Å²) in [5.41, 5.74) is 3.42. The molecule has 2 amide bonds. The molecule has 2 aromatic rings. The van der Waals surface area contributed by atoms with Gasteiger partial charge < -0.3 is 10.2 Å². The molecule has 1 saturated carbocycles. The Bertz CT molecular complexity index is 1020. The summed E-state index contributed by atoms with van der Waals surface area (Å²) >= 11 is 5.20. The number of benzene rings is 2. The van der Waals surface area contributed by atoms with Gasteiger partial charge in [0.05, 0.1) is 4.91 Å². The van der Waals surface area contributed by atoms with E-state index in [4.69, 9.17) is 0 Å². The van der Waals surface area contributed by atoms with E-state index in [-0.39, 0.29) is 24.4 Å². The van der Waals surface area contributed by atoms with Crippen molar-refractivity contribution < 1.29 is 9.59 Å². The third-order valence-corrected chi connectivity index (χ3v) is 7.99. The SMILES string of the molecule is Cc1cccc(CCNC(=O)CN2C(=O)/C(=C\c3cccc(Br)c3)SC3CCCCC32)c1. The first-order valence-electron chi connectivity index (χ1n) is 11.3. The molecule has 1 aliphatic carbocycles. The highest BCUT2D eigenvalue weighted by Gasteiger charge is 2.41. The van der Waals surface area contributed by atoms with Crippen LogP contribution in [0.1, 0.15) is 42.4 Å². The number of fused-ring (bicyclic) bond motifs is 1. The van der Waals surface area contributed by atoms with Crippen molar-refractivity contribution >= 4 is 45.6 Å². The fourth-order valence-electron chi connectivity index (χ4n) is 4.53. The molecular formula is C26H29BrN2O2S. The highest BCUT2D eigenvalue weighted by molar-refractivity contribution is 9.10. The second-order valence-corrected chi connectivity index (χ2v) is 10.8. The molecule has 0 bridgehead atoms. The molecule has 2 aliphatic rings. The Hall–Kier alpha value is -2.05. The van der Waals surface area contributed by atoms with E-state index in [1.807, 2.05) is 41.3 Å². The summed E-state index contributed by atoms with van der Waals surface area (Å²) in [7, 11) is 0. The third kappa shape index (κ3) is 5.84. The molecule has 0 spiro atoms. The highest BCUT2D eigenvalue weighted by Crippen LogP contribution is 2.42. The van der Waals surface area contributed by atoms with Crippen molar-refractivity contribution in [3.05, 3.63) is 74.6 Å². The fourth-order valence-corrected chi connectivity index (χ4v) is 6.42. The van der Waals surface area contributed by atoms with Crippen molar-refractivity contribution in [2.75, 3.05) is 13.1 Å². The van der Waals surface area contributed by atoms with Crippen LogP contribution in [0, 0.1) is 6.92 Å². The van der Waals surface area contributed by atoms with E-state index >= 15 is 0 Å². The molecule has 32 heavy (non-hydrogen) atoms. The predicted molar refractivity (Wildman–Crippen MR) is 135 cm³/mol. The van der Waals surface area contributed by atoms with Crippen molar-refractivity contribution in [1.82, 2.24) is 10.2 Å². The van der Waals surface area contributed by atoms with Gasteiger partial charge in [0.15, 0.2) is 0 Å². The number of hydrogen-bond donors (Lipinski definition) is 1. The van der Waals surface area contributed by atoms with Gasteiger partial charge in [-0.1, -0.05) is 70.7 Å². The van der Waals surface area contributed by atoms with Crippen molar-refractivity contribution in [1.29, 1.82) is 0 Å². The lowest BCUT2D eigenvalue weighted by Crippen LogP contribution is -2.54. The van der Waals surface area contributed by atoms with Gasteiger partial charge in [-0.05, 0) is 55.5 Å². The molecule has 0 aromatic heterocycles. The minimum Gasteiger partial charge on any atom is -0.354 e. The summed E-state index contributed by atoms with van der Waals surface area (Å²) in [5, 5.41) is 3.38. The standard InChI is InChI=1S/C26H29BrN2O2S/c1-18-6-4-7-19(14-18)12-13-28-25(30)17-29-22-10-2-3-11-23(22)32-24(26(29)31)16-20-8-5-9-21(27)15-20/h4-9,14-16,22-23H,2-3,10-13,17H2,1H3,(H,28,30)/b24-16+. The number of amides is 2. The van der Waals surface area contributed by atoms with Gasteiger partial charge in [-0.25, -0.2) is 0 Å². The van der Waals surface area contributed by atoms with Gasteiger partial charge in [-0.2, -0.15) is 0 Å². The maximum absolute atomic E-state index is 13.4. The van der Waals surface area contributed by atoms with Crippen LogP contribution in [0.4, 0.5) is 0 Å². The summed E-state index contributed by atoms with van der Waals surface area (Å²) in [6.45, 7) is 2.78. The van der Waals surface area contributed by atoms with Crippen LogP contribution in [0.25, 0.3) is 6.08 Å². The van der Waals surface area contributed by atoms with Crippen LogP contribution in [0.5, 0.6) is 0 Å². The topological polar surface area (TPSA) is 49.4 Å². The predicted octanol–water partition coefficient (Wildman–Crippen LogP) is 5.34. The van der Waals surface area contributed by atoms with Crippen LogP contribution in [0.2, 0.25) is 0 Å². The first-order valence-corrected chi connectivity index (χ1v) is 12.9. The molecular weight excluding hydrogens is 484 g/mol. The zero-order valence-corrected chi connectivity index (χ0v) is 20.8. The normalized spacial score (nSPS) is 22.0. The van der Waals surface area contributed by atoms with Crippen LogP contribution in [-0.2, 0) is 16.0 Å². The van der Waals surface area contributed by atoms with Gasteiger partial charge in [0.2, 0.25) is 5.91 Å². The van der Waals surface area contributed by atoms with Crippen molar-refractivity contribution in [3.8, 4) is 0 Å². The van der Waals surface area contributed by atoms with E-state index in [1.165, 1.54) is 17.5 Å². The summed E-state index contributed by atoms with van der Waals surface area (Å²) < 4.78 is 0.987. The van der Waals surface area contributed by atoms with Crippen molar-refractivity contribution in [2.24, 2.45) is 0 Å². The quantitative estimate of drug-likeness (QED) is 0.531. The number of nitrogens with zero attached hydrogens (tertiary/aromatic N) is 1. The van der Waals surface area contributed by atoms with Crippen molar-refractivity contribution in [3.63, 3.8) is 0 Å². The lowest BCUT2D eigenvalue weighted by atomic mass is 9.93. The molecule has 4 nitrogen and oxygen atoms in total. The molecule has 0 radical (unpaired) electrons.